The number of aromatic nitrogens is 1. The summed E-state index contributed by atoms with van der Waals surface area (Å²) in [5, 5.41) is 13.2. The van der Waals surface area contributed by atoms with Gasteiger partial charge < -0.3 is 15.4 Å². The molecule has 0 spiro atoms. The lowest BCUT2D eigenvalue weighted by atomic mass is 9.90. The number of nitro groups is 1. The molecule has 0 radical (unpaired) electrons. The number of rotatable bonds is 6. The van der Waals surface area contributed by atoms with E-state index in [0.29, 0.717) is 12.4 Å². The van der Waals surface area contributed by atoms with E-state index in [4.69, 9.17) is 11.6 Å². The van der Waals surface area contributed by atoms with Crippen LogP contribution in [0.5, 0.6) is 0 Å². The highest BCUT2D eigenvalue weighted by molar-refractivity contribution is 6.17. The number of H-pyrrole nitrogens is 1. The van der Waals surface area contributed by atoms with E-state index in [-0.39, 0.29) is 22.8 Å². The Hall–Kier alpha value is -1.56. The smallest absolute Gasteiger partial charge is 0.321 e. The zero-order valence-corrected chi connectivity index (χ0v) is 11.1. The van der Waals surface area contributed by atoms with Crippen LogP contribution in [0.4, 0.5) is 5.82 Å². The first-order valence-electron chi connectivity index (χ1n) is 5.53. The van der Waals surface area contributed by atoms with Crippen LogP contribution in [0.3, 0.4) is 0 Å². The first-order chi connectivity index (χ1) is 8.35. The van der Waals surface area contributed by atoms with Crippen molar-refractivity contribution < 1.29 is 9.72 Å². The quantitative estimate of drug-likeness (QED) is 0.473. The van der Waals surface area contributed by atoms with Crippen LogP contribution in [0.2, 0.25) is 0 Å². The highest BCUT2D eigenvalue weighted by atomic mass is 35.5. The third-order valence-corrected chi connectivity index (χ3v) is 2.80. The predicted octanol–water partition coefficient (Wildman–Crippen LogP) is 2.31. The Bertz CT molecular complexity index is 442. The summed E-state index contributed by atoms with van der Waals surface area (Å²) in [5.41, 5.74) is 0.0824. The summed E-state index contributed by atoms with van der Waals surface area (Å²) in [7, 11) is 0. The molecule has 1 aromatic heterocycles. The Kier molecular flexibility index (Phi) is 4.72. The third-order valence-electron chi connectivity index (χ3n) is 2.61. The summed E-state index contributed by atoms with van der Waals surface area (Å²) in [6.07, 6.45) is 0.777. The van der Waals surface area contributed by atoms with Crippen molar-refractivity contribution in [3.63, 3.8) is 0 Å². The fourth-order valence-corrected chi connectivity index (χ4v) is 1.89. The van der Waals surface area contributed by atoms with Gasteiger partial charge in [0, 0.05) is 18.5 Å². The van der Waals surface area contributed by atoms with E-state index in [1.54, 1.807) is 0 Å². The minimum atomic E-state index is -0.575. The molecule has 6 nitrogen and oxygen atoms in total. The Morgan fingerprint density at radius 3 is 2.72 bits per heavy atom. The number of amides is 1. The number of halogens is 1. The Balaban J connectivity index is 2.57. The van der Waals surface area contributed by atoms with Crippen LogP contribution in [0, 0.1) is 15.5 Å². The van der Waals surface area contributed by atoms with E-state index in [1.807, 2.05) is 13.8 Å². The van der Waals surface area contributed by atoms with Gasteiger partial charge in [-0.15, -0.1) is 11.6 Å². The lowest BCUT2D eigenvalue weighted by Crippen LogP contribution is -2.34. The highest BCUT2D eigenvalue weighted by Gasteiger charge is 2.20. The van der Waals surface area contributed by atoms with E-state index in [2.05, 4.69) is 10.3 Å². The molecule has 0 saturated carbocycles. The molecule has 0 atom stereocenters. The van der Waals surface area contributed by atoms with Gasteiger partial charge >= 0.3 is 5.82 Å². The van der Waals surface area contributed by atoms with Crippen molar-refractivity contribution in [2.24, 2.45) is 5.41 Å². The van der Waals surface area contributed by atoms with E-state index in [0.717, 1.165) is 6.42 Å². The molecule has 1 rings (SSSR count). The van der Waals surface area contributed by atoms with Gasteiger partial charge in [0.1, 0.15) is 0 Å². The maximum Gasteiger partial charge on any atom is 0.321 e. The van der Waals surface area contributed by atoms with Crippen molar-refractivity contribution in [3.8, 4) is 0 Å². The SMILES string of the molecule is CC(C)(CCCl)CNC(=O)c1ccc([N+](=O)[O-])[nH]1. The summed E-state index contributed by atoms with van der Waals surface area (Å²) in [6, 6.07) is 2.65. The monoisotopic (exact) mass is 273 g/mol. The summed E-state index contributed by atoms with van der Waals surface area (Å²) in [5.74, 6) is -0.0254. The molecule has 18 heavy (non-hydrogen) atoms. The van der Waals surface area contributed by atoms with E-state index in [9.17, 15) is 14.9 Å². The largest absolute Gasteiger partial charge is 0.358 e. The van der Waals surface area contributed by atoms with Gasteiger partial charge in [-0.1, -0.05) is 13.8 Å². The minimum absolute atomic E-state index is 0.101. The van der Waals surface area contributed by atoms with Crippen molar-refractivity contribution in [2.75, 3.05) is 12.4 Å². The number of hydrogen-bond acceptors (Lipinski definition) is 3. The van der Waals surface area contributed by atoms with Gasteiger partial charge in [-0.25, -0.2) is 4.98 Å². The molecule has 0 bridgehead atoms. The van der Waals surface area contributed by atoms with Crippen LogP contribution in [-0.4, -0.2) is 28.2 Å². The summed E-state index contributed by atoms with van der Waals surface area (Å²) >= 11 is 5.66. The van der Waals surface area contributed by atoms with Crippen LogP contribution < -0.4 is 5.32 Å². The lowest BCUT2D eigenvalue weighted by Gasteiger charge is -2.23. The number of hydrogen-bond donors (Lipinski definition) is 2. The molecule has 0 fully saturated rings. The molecule has 1 amide bonds. The molecule has 100 valence electrons. The summed E-state index contributed by atoms with van der Waals surface area (Å²) in [6.45, 7) is 4.45. The molecular weight excluding hydrogens is 258 g/mol. The fourth-order valence-electron chi connectivity index (χ4n) is 1.38. The zero-order valence-electron chi connectivity index (χ0n) is 10.3. The maximum absolute atomic E-state index is 11.7. The van der Waals surface area contributed by atoms with Crippen LogP contribution in [-0.2, 0) is 0 Å². The van der Waals surface area contributed by atoms with Crippen LogP contribution >= 0.6 is 11.6 Å². The van der Waals surface area contributed by atoms with E-state index >= 15 is 0 Å². The van der Waals surface area contributed by atoms with Gasteiger partial charge in [-0.3, -0.25) is 4.79 Å². The van der Waals surface area contributed by atoms with Crippen LogP contribution in [0.25, 0.3) is 0 Å². The van der Waals surface area contributed by atoms with Gasteiger partial charge in [0.15, 0.2) is 5.69 Å². The fraction of sp³-hybridized carbons (Fsp3) is 0.545. The first kappa shape index (κ1) is 14.5. The second-order valence-electron chi connectivity index (χ2n) is 4.80. The minimum Gasteiger partial charge on any atom is -0.358 e. The molecule has 0 aromatic carbocycles. The molecular formula is C11H16ClN3O3. The average Bonchev–Trinajstić information content (AvgIpc) is 2.75. The lowest BCUT2D eigenvalue weighted by molar-refractivity contribution is -0.389. The van der Waals surface area contributed by atoms with Gasteiger partial charge in [0.2, 0.25) is 0 Å². The normalized spacial score (nSPS) is 11.3. The Labute approximate surface area is 110 Å². The Morgan fingerprint density at radius 1 is 1.56 bits per heavy atom. The van der Waals surface area contributed by atoms with Gasteiger partial charge in [-0.05, 0) is 22.8 Å². The van der Waals surface area contributed by atoms with E-state index < -0.39 is 4.92 Å². The van der Waals surface area contributed by atoms with Crippen LogP contribution in [0.1, 0.15) is 30.8 Å². The number of carbonyl (C=O) groups is 1. The standard InChI is InChI=1S/C11H16ClN3O3/c1-11(2,5-6-12)7-13-10(16)8-3-4-9(14-8)15(17)18/h3-4,14H,5-7H2,1-2H3,(H,13,16). The van der Waals surface area contributed by atoms with Gasteiger partial charge in [-0.2, -0.15) is 0 Å². The van der Waals surface area contributed by atoms with Crippen molar-refractivity contribution >= 4 is 23.3 Å². The molecule has 2 N–H and O–H groups in total. The van der Waals surface area contributed by atoms with Crippen LogP contribution in [0.15, 0.2) is 12.1 Å². The van der Waals surface area contributed by atoms with Crippen molar-refractivity contribution in [1.82, 2.24) is 10.3 Å². The van der Waals surface area contributed by atoms with E-state index in [1.165, 1.54) is 12.1 Å². The first-order valence-corrected chi connectivity index (χ1v) is 6.07. The maximum atomic E-state index is 11.7. The van der Waals surface area contributed by atoms with Gasteiger partial charge in [0.25, 0.3) is 5.91 Å². The number of carbonyl (C=O) groups excluding carboxylic acids is 1. The molecule has 0 aliphatic heterocycles. The summed E-state index contributed by atoms with van der Waals surface area (Å²) < 4.78 is 0. The number of nitrogens with one attached hydrogen (secondary N) is 2. The predicted molar refractivity (Wildman–Crippen MR) is 68.9 cm³/mol. The van der Waals surface area contributed by atoms with Gasteiger partial charge in [0.05, 0.1) is 0 Å². The molecule has 0 aliphatic rings. The molecule has 0 saturated heterocycles. The number of aromatic amines is 1. The van der Waals surface area contributed by atoms with Crippen molar-refractivity contribution in [1.29, 1.82) is 0 Å². The topological polar surface area (TPSA) is 88.0 Å². The zero-order chi connectivity index (χ0) is 13.8. The van der Waals surface area contributed by atoms with Crippen molar-refractivity contribution in [3.05, 3.63) is 27.9 Å². The molecule has 7 heteroatoms. The third kappa shape index (κ3) is 4.03. The average molecular weight is 274 g/mol. The second kappa shape index (κ2) is 5.86. The molecule has 1 aromatic rings. The Morgan fingerprint density at radius 2 is 2.22 bits per heavy atom. The summed E-state index contributed by atoms with van der Waals surface area (Å²) in [4.78, 5) is 24.1. The second-order valence-corrected chi connectivity index (χ2v) is 5.18. The highest BCUT2D eigenvalue weighted by Crippen LogP contribution is 2.19. The molecule has 0 unspecified atom stereocenters. The van der Waals surface area contributed by atoms with Crippen molar-refractivity contribution in [2.45, 2.75) is 20.3 Å². The molecule has 1 heterocycles. The molecule has 0 aliphatic carbocycles. The number of nitrogens with zero attached hydrogens (tertiary/aromatic N) is 1. The number of alkyl halides is 1.